The normalized spacial score (nSPS) is 25.6. The third-order valence-corrected chi connectivity index (χ3v) is 5.42. The molecule has 1 aliphatic heterocycles. The zero-order valence-electron chi connectivity index (χ0n) is 15.0. The topological polar surface area (TPSA) is 75.4 Å². The number of carbonyl (C=O) groups excluding carboxylic acids is 2. The lowest BCUT2D eigenvalue weighted by Gasteiger charge is -2.37. The van der Waals surface area contributed by atoms with Crippen molar-refractivity contribution in [1.82, 2.24) is 0 Å². The number of benzene rings is 1. The number of halogens is 1. The van der Waals surface area contributed by atoms with Crippen LogP contribution in [-0.4, -0.2) is 23.9 Å². The maximum atomic E-state index is 12.7. The third kappa shape index (κ3) is 4.15. The van der Waals surface area contributed by atoms with Crippen LogP contribution in [0.5, 0.6) is 0 Å². The first kappa shape index (κ1) is 19.7. The first-order chi connectivity index (χ1) is 11.4. The molecular formula is C19H28ClN3O2. The SMILES string of the molecule is CC(=O)N1CCCc2cc(NC(=O)C3CCCCC3(C)N)ccc21.Cl. The summed E-state index contributed by atoms with van der Waals surface area (Å²) < 4.78 is 0. The third-order valence-electron chi connectivity index (χ3n) is 5.42. The molecule has 25 heavy (non-hydrogen) atoms. The summed E-state index contributed by atoms with van der Waals surface area (Å²) in [6, 6.07) is 5.82. The molecule has 1 saturated carbocycles. The summed E-state index contributed by atoms with van der Waals surface area (Å²) in [6.45, 7) is 4.34. The number of hydrogen-bond donors (Lipinski definition) is 2. The van der Waals surface area contributed by atoms with E-state index in [2.05, 4.69) is 5.32 Å². The molecule has 2 atom stereocenters. The van der Waals surface area contributed by atoms with Crippen LogP contribution in [0.4, 0.5) is 11.4 Å². The fraction of sp³-hybridized carbons (Fsp3) is 0.579. The highest BCUT2D eigenvalue weighted by Crippen LogP contribution is 2.34. The van der Waals surface area contributed by atoms with E-state index >= 15 is 0 Å². The summed E-state index contributed by atoms with van der Waals surface area (Å²) in [5.41, 5.74) is 8.79. The Hall–Kier alpha value is -1.59. The Kier molecular flexibility index (Phi) is 6.12. The van der Waals surface area contributed by atoms with Gasteiger partial charge in [-0.15, -0.1) is 12.4 Å². The number of carbonyl (C=O) groups is 2. The molecule has 6 heteroatoms. The lowest BCUT2D eigenvalue weighted by Crippen LogP contribution is -2.51. The highest BCUT2D eigenvalue weighted by molar-refractivity contribution is 5.96. The lowest BCUT2D eigenvalue weighted by atomic mass is 9.74. The molecule has 0 bridgehead atoms. The number of rotatable bonds is 2. The number of fused-ring (bicyclic) bond motifs is 1. The number of aryl methyl sites for hydroxylation is 1. The fourth-order valence-electron chi connectivity index (χ4n) is 4.02. The molecule has 1 aromatic rings. The molecule has 138 valence electrons. The van der Waals surface area contributed by atoms with Crippen molar-refractivity contribution in [1.29, 1.82) is 0 Å². The molecule has 3 N–H and O–H groups in total. The number of anilines is 2. The second-order valence-corrected chi connectivity index (χ2v) is 7.41. The van der Waals surface area contributed by atoms with Crippen LogP contribution in [0.3, 0.4) is 0 Å². The van der Waals surface area contributed by atoms with Gasteiger partial charge in [-0.05, 0) is 56.4 Å². The van der Waals surface area contributed by atoms with E-state index in [0.29, 0.717) is 0 Å². The van der Waals surface area contributed by atoms with Crippen molar-refractivity contribution in [2.75, 3.05) is 16.8 Å². The van der Waals surface area contributed by atoms with E-state index in [0.717, 1.165) is 62.0 Å². The van der Waals surface area contributed by atoms with Crippen LogP contribution < -0.4 is 16.0 Å². The van der Waals surface area contributed by atoms with Crippen LogP contribution in [0.15, 0.2) is 18.2 Å². The molecule has 0 aromatic heterocycles. The Morgan fingerprint density at radius 2 is 2.04 bits per heavy atom. The maximum Gasteiger partial charge on any atom is 0.229 e. The monoisotopic (exact) mass is 365 g/mol. The molecule has 1 fully saturated rings. The van der Waals surface area contributed by atoms with E-state index < -0.39 is 5.54 Å². The smallest absolute Gasteiger partial charge is 0.229 e. The molecule has 0 saturated heterocycles. The van der Waals surface area contributed by atoms with Crippen LogP contribution in [0.2, 0.25) is 0 Å². The Bertz CT molecular complexity index is 660. The van der Waals surface area contributed by atoms with Crippen molar-refractivity contribution in [2.24, 2.45) is 11.7 Å². The van der Waals surface area contributed by atoms with Gasteiger partial charge < -0.3 is 16.0 Å². The minimum Gasteiger partial charge on any atom is -0.326 e. The minimum atomic E-state index is -0.429. The summed E-state index contributed by atoms with van der Waals surface area (Å²) in [5.74, 6) is -0.0660. The summed E-state index contributed by atoms with van der Waals surface area (Å²) in [5, 5.41) is 3.04. The molecule has 1 aliphatic carbocycles. The summed E-state index contributed by atoms with van der Waals surface area (Å²) in [6.07, 6.45) is 5.78. The van der Waals surface area contributed by atoms with Gasteiger partial charge in [-0.2, -0.15) is 0 Å². The van der Waals surface area contributed by atoms with E-state index in [9.17, 15) is 9.59 Å². The molecule has 2 unspecified atom stereocenters. The second kappa shape index (κ2) is 7.75. The highest BCUT2D eigenvalue weighted by atomic mass is 35.5. The van der Waals surface area contributed by atoms with E-state index in [1.165, 1.54) is 0 Å². The van der Waals surface area contributed by atoms with Gasteiger partial charge in [0.1, 0.15) is 0 Å². The molecule has 2 amide bonds. The summed E-state index contributed by atoms with van der Waals surface area (Å²) in [4.78, 5) is 26.2. The van der Waals surface area contributed by atoms with Crippen molar-refractivity contribution >= 4 is 35.6 Å². The minimum absolute atomic E-state index is 0. The van der Waals surface area contributed by atoms with Gasteiger partial charge in [0, 0.05) is 30.4 Å². The Balaban J connectivity index is 0.00000225. The van der Waals surface area contributed by atoms with Gasteiger partial charge in [-0.3, -0.25) is 9.59 Å². The van der Waals surface area contributed by atoms with E-state index in [-0.39, 0.29) is 30.1 Å². The molecule has 1 aromatic carbocycles. The standard InChI is InChI=1S/C19H27N3O2.ClH/c1-13(23)22-11-5-6-14-12-15(8-9-17(14)22)21-18(24)16-7-3-4-10-19(16,2)20;/h8-9,12,16H,3-7,10-11,20H2,1-2H3,(H,21,24);1H. The van der Waals surface area contributed by atoms with Gasteiger partial charge in [0.25, 0.3) is 0 Å². The number of nitrogens with two attached hydrogens (primary N) is 1. The second-order valence-electron chi connectivity index (χ2n) is 7.41. The maximum absolute atomic E-state index is 12.7. The fourth-order valence-corrected chi connectivity index (χ4v) is 4.02. The highest BCUT2D eigenvalue weighted by Gasteiger charge is 2.37. The molecule has 0 radical (unpaired) electrons. The number of nitrogens with one attached hydrogen (secondary N) is 1. The molecule has 2 aliphatic rings. The van der Waals surface area contributed by atoms with Crippen LogP contribution in [0.1, 0.15) is 51.5 Å². The average Bonchev–Trinajstić information content (AvgIpc) is 2.53. The van der Waals surface area contributed by atoms with Crippen LogP contribution in [0, 0.1) is 5.92 Å². The van der Waals surface area contributed by atoms with E-state index in [4.69, 9.17) is 5.73 Å². The predicted octanol–water partition coefficient (Wildman–Crippen LogP) is 3.25. The van der Waals surface area contributed by atoms with Crippen molar-refractivity contribution in [3.8, 4) is 0 Å². The molecule has 5 nitrogen and oxygen atoms in total. The Morgan fingerprint density at radius 3 is 2.72 bits per heavy atom. The lowest BCUT2D eigenvalue weighted by molar-refractivity contribution is -0.122. The van der Waals surface area contributed by atoms with Gasteiger partial charge in [0.15, 0.2) is 0 Å². The summed E-state index contributed by atoms with van der Waals surface area (Å²) >= 11 is 0. The molecular weight excluding hydrogens is 338 g/mol. The summed E-state index contributed by atoms with van der Waals surface area (Å²) in [7, 11) is 0. The van der Waals surface area contributed by atoms with Gasteiger partial charge in [-0.25, -0.2) is 0 Å². The van der Waals surface area contributed by atoms with Crippen molar-refractivity contribution in [3.63, 3.8) is 0 Å². The zero-order chi connectivity index (χ0) is 17.3. The number of hydrogen-bond acceptors (Lipinski definition) is 3. The Labute approximate surface area is 155 Å². The van der Waals surface area contributed by atoms with E-state index in [1.807, 2.05) is 30.0 Å². The predicted molar refractivity (Wildman–Crippen MR) is 103 cm³/mol. The van der Waals surface area contributed by atoms with Gasteiger partial charge >= 0.3 is 0 Å². The Morgan fingerprint density at radius 1 is 1.28 bits per heavy atom. The van der Waals surface area contributed by atoms with Crippen molar-refractivity contribution in [3.05, 3.63) is 23.8 Å². The largest absolute Gasteiger partial charge is 0.326 e. The first-order valence-corrected chi connectivity index (χ1v) is 8.89. The van der Waals surface area contributed by atoms with Crippen LogP contribution >= 0.6 is 12.4 Å². The number of amides is 2. The molecule has 1 heterocycles. The number of nitrogens with zero attached hydrogens (tertiary/aromatic N) is 1. The van der Waals surface area contributed by atoms with Crippen LogP contribution in [-0.2, 0) is 16.0 Å². The van der Waals surface area contributed by atoms with Gasteiger partial charge in [-0.1, -0.05) is 12.8 Å². The van der Waals surface area contributed by atoms with Crippen molar-refractivity contribution < 1.29 is 9.59 Å². The molecule has 0 spiro atoms. The first-order valence-electron chi connectivity index (χ1n) is 8.89. The van der Waals surface area contributed by atoms with Crippen molar-refractivity contribution in [2.45, 2.75) is 57.9 Å². The van der Waals surface area contributed by atoms with Gasteiger partial charge in [0.05, 0.1) is 5.92 Å². The van der Waals surface area contributed by atoms with Gasteiger partial charge in [0.2, 0.25) is 11.8 Å². The van der Waals surface area contributed by atoms with Crippen LogP contribution in [0.25, 0.3) is 0 Å². The molecule has 3 rings (SSSR count). The quantitative estimate of drug-likeness (QED) is 0.844. The van der Waals surface area contributed by atoms with E-state index in [1.54, 1.807) is 6.92 Å². The zero-order valence-corrected chi connectivity index (χ0v) is 15.8. The average molecular weight is 366 g/mol.